The number of rotatable bonds is 5. The standard InChI is InChI=1S/C14H20FN/c1-3-16-11(2)14(7-8-14)10-12-5-4-6-13(15)9-12/h4-6,9,11,16H,3,7-8,10H2,1-2H3. The number of nitrogens with one attached hydrogen (secondary N) is 1. The molecule has 1 fully saturated rings. The maximum atomic E-state index is 13.1. The third-order valence-electron chi connectivity index (χ3n) is 3.77. The van der Waals surface area contributed by atoms with E-state index >= 15 is 0 Å². The first-order chi connectivity index (χ1) is 7.66. The van der Waals surface area contributed by atoms with Crippen LogP contribution in [0.4, 0.5) is 4.39 Å². The van der Waals surface area contributed by atoms with Crippen LogP contribution in [0.3, 0.4) is 0 Å². The predicted octanol–water partition coefficient (Wildman–Crippen LogP) is 3.15. The number of benzene rings is 1. The molecule has 0 radical (unpaired) electrons. The second-order valence-corrected chi connectivity index (χ2v) is 4.95. The van der Waals surface area contributed by atoms with Crippen LogP contribution in [0.5, 0.6) is 0 Å². The molecule has 88 valence electrons. The summed E-state index contributed by atoms with van der Waals surface area (Å²) in [7, 11) is 0. The van der Waals surface area contributed by atoms with E-state index in [4.69, 9.17) is 0 Å². The van der Waals surface area contributed by atoms with Gasteiger partial charge in [-0.15, -0.1) is 0 Å². The van der Waals surface area contributed by atoms with Crippen molar-refractivity contribution in [3.63, 3.8) is 0 Å². The van der Waals surface area contributed by atoms with Gasteiger partial charge in [-0.25, -0.2) is 4.39 Å². The van der Waals surface area contributed by atoms with E-state index in [1.165, 1.54) is 18.9 Å². The maximum absolute atomic E-state index is 13.1. The second kappa shape index (κ2) is 4.54. The Bertz CT molecular complexity index is 358. The van der Waals surface area contributed by atoms with Crippen molar-refractivity contribution in [1.82, 2.24) is 5.32 Å². The summed E-state index contributed by atoms with van der Waals surface area (Å²) in [6.45, 7) is 5.39. The van der Waals surface area contributed by atoms with E-state index in [1.54, 1.807) is 12.1 Å². The van der Waals surface area contributed by atoms with Crippen LogP contribution in [0.15, 0.2) is 24.3 Å². The zero-order chi connectivity index (χ0) is 11.6. The van der Waals surface area contributed by atoms with Crippen molar-refractivity contribution >= 4 is 0 Å². The Morgan fingerprint density at radius 2 is 2.19 bits per heavy atom. The summed E-state index contributed by atoms with van der Waals surface area (Å²) in [6, 6.07) is 7.54. The van der Waals surface area contributed by atoms with Gasteiger partial charge in [-0.3, -0.25) is 0 Å². The van der Waals surface area contributed by atoms with Gasteiger partial charge in [0.15, 0.2) is 0 Å². The third kappa shape index (κ3) is 2.43. The molecule has 1 nitrogen and oxygen atoms in total. The van der Waals surface area contributed by atoms with Crippen molar-refractivity contribution in [2.75, 3.05) is 6.54 Å². The van der Waals surface area contributed by atoms with E-state index in [0.717, 1.165) is 18.5 Å². The van der Waals surface area contributed by atoms with Crippen LogP contribution in [0.2, 0.25) is 0 Å². The highest BCUT2D eigenvalue weighted by atomic mass is 19.1. The van der Waals surface area contributed by atoms with E-state index in [0.29, 0.717) is 11.5 Å². The lowest BCUT2D eigenvalue weighted by Crippen LogP contribution is -2.35. The van der Waals surface area contributed by atoms with Crippen molar-refractivity contribution < 1.29 is 4.39 Å². The number of hydrogen-bond acceptors (Lipinski definition) is 1. The number of hydrogen-bond donors (Lipinski definition) is 1. The van der Waals surface area contributed by atoms with Gasteiger partial charge < -0.3 is 5.32 Å². The summed E-state index contributed by atoms with van der Waals surface area (Å²) < 4.78 is 13.1. The number of halogens is 1. The van der Waals surface area contributed by atoms with Gasteiger partial charge in [0.1, 0.15) is 5.82 Å². The maximum Gasteiger partial charge on any atom is 0.123 e. The molecule has 1 N–H and O–H groups in total. The molecule has 1 aliphatic carbocycles. The minimum atomic E-state index is -0.121. The molecular formula is C14H20FN. The smallest absolute Gasteiger partial charge is 0.123 e. The topological polar surface area (TPSA) is 12.0 Å². The van der Waals surface area contributed by atoms with Crippen molar-refractivity contribution in [2.45, 2.75) is 39.2 Å². The van der Waals surface area contributed by atoms with E-state index in [9.17, 15) is 4.39 Å². The largest absolute Gasteiger partial charge is 0.314 e. The molecule has 0 heterocycles. The van der Waals surface area contributed by atoms with E-state index in [2.05, 4.69) is 19.2 Å². The molecule has 0 aliphatic heterocycles. The van der Waals surface area contributed by atoms with Crippen molar-refractivity contribution in [3.05, 3.63) is 35.6 Å². The van der Waals surface area contributed by atoms with Gasteiger partial charge in [-0.2, -0.15) is 0 Å². The Kier molecular flexibility index (Phi) is 3.29. The fourth-order valence-electron chi connectivity index (χ4n) is 2.50. The Hall–Kier alpha value is -0.890. The van der Waals surface area contributed by atoms with Gasteiger partial charge in [-0.1, -0.05) is 19.1 Å². The summed E-state index contributed by atoms with van der Waals surface area (Å²) in [5, 5.41) is 3.49. The van der Waals surface area contributed by atoms with Crippen molar-refractivity contribution in [1.29, 1.82) is 0 Å². The van der Waals surface area contributed by atoms with Crippen LogP contribution in [-0.2, 0) is 6.42 Å². The molecule has 0 saturated heterocycles. The molecular weight excluding hydrogens is 201 g/mol. The molecule has 1 aromatic carbocycles. The lowest BCUT2D eigenvalue weighted by Gasteiger charge is -2.24. The minimum Gasteiger partial charge on any atom is -0.314 e. The van der Waals surface area contributed by atoms with Gasteiger partial charge in [0.25, 0.3) is 0 Å². The molecule has 0 aromatic heterocycles. The molecule has 2 rings (SSSR count). The lowest BCUT2D eigenvalue weighted by molar-refractivity contribution is 0.355. The summed E-state index contributed by atoms with van der Waals surface area (Å²) in [4.78, 5) is 0. The zero-order valence-electron chi connectivity index (χ0n) is 10.1. The van der Waals surface area contributed by atoms with Gasteiger partial charge in [-0.05, 0) is 55.8 Å². The summed E-state index contributed by atoms with van der Waals surface area (Å²) in [5.74, 6) is -0.121. The summed E-state index contributed by atoms with van der Waals surface area (Å²) in [5.41, 5.74) is 1.51. The molecule has 1 aromatic rings. The van der Waals surface area contributed by atoms with Crippen LogP contribution in [0, 0.1) is 11.2 Å². The van der Waals surface area contributed by atoms with Gasteiger partial charge >= 0.3 is 0 Å². The Morgan fingerprint density at radius 3 is 2.75 bits per heavy atom. The molecule has 1 atom stereocenters. The Labute approximate surface area is 97.1 Å². The summed E-state index contributed by atoms with van der Waals surface area (Å²) in [6.07, 6.45) is 3.52. The Balaban J connectivity index is 2.04. The first-order valence-electron chi connectivity index (χ1n) is 6.14. The lowest BCUT2D eigenvalue weighted by atomic mass is 9.90. The first-order valence-corrected chi connectivity index (χ1v) is 6.14. The highest BCUT2D eigenvalue weighted by molar-refractivity contribution is 5.21. The van der Waals surface area contributed by atoms with Crippen LogP contribution in [0.1, 0.15) is 32.3 Å². The average molecular weight is 221 g/mol. The highest BCUT2D eigenvalue weighted by Gasteiger charge is 2.46. The third-order valence-corrected chi connectivity index (χ3v) is 3.77. The van der Waals surface area contributed by atoms with E-state index in [-0.39, 0.29) is 5.82 Å². The quantitative estimate of drug-likeness (QED) is 0.805. The predicted molar refractivity (Wildman–Crippen MR) is 64.9 cm³/mol. The average Bonchev–Trinajstić information content (AvgIpc) is 2.99. The van der Waals surface area contributed by atoms with Gasteiger partial charge in [0, 0.05) is 6.04 Å². The van der Waals surface area contributed by atoms with Gasteiger partial charge in [0.2, 0.25) is 0 Å². The first kappa shape index (κ1) is 11.6. The normalized spacial score (nSPS) is 19.4. The van der Waals surface area contributed by atoms with Gasteiger partial charge in [0.05, 0.1) is 0 Å². The monoisotopic (exact) mass is 221 g/mol. The fraction of sp³-hybridized carbons (Fsp3) is 0.571. The van der Waals surface area contributed by atoms with Crippen LogP contribution < -0.4 is 5.32 Å². The second-order valence-electron chi connectivity index (χ2n) is 4.95. The van der Waals surface area contributed by atoms with Crippen molar-refractivity contribution in [2.24, 2.45) is 5.41 Å². The van der Waals surface area contributed by atoms with Crippen LogP contribution in [0.25, 0.3) is 0 Å². The Morgan fingerprint density at radius 1 is 1.44 bits per heavy atom. The SMILES string of the molecule is CCNC(C)C1(Cc2cccc(F)c2)CC1. The van der Waals surface area contributed by atoms with Crippen molar-refractivity contribution in [3.8, 4) is 0 Å². The summed E-state index contributed by atoms with van der Waals surface area (Å²) >= 11 is 0. The van der Waals surface area contributed by atoms with E-state index in [1.807, 2.05) is 6.07 Å². The molecule has 1 unspecified atom stereocenters. The van der Waals surface area contributed by atoms with Crippen LogP contribution in [-0.4, -0.2) is 12.6 Å². The molecule has 2 heteroatoms. The van der Waals surface area contributed by atoms with E-state index < -0.39 is 0 Å². The highest BCUT2D eigenvalue weighted by Crippen LogP contribution is 2.51. The molecule has 1 saturated carbocycles. The fourth-order valence-corrected chi connectivity index (χ4v) is 2.50. The molecule has 1 aliphatic rings. The molecule has 0 bridgehead atoms. The molecule has 0 amide bonds. The molecule has 16 heavy (non-hydrogen) atoms. The van der Waals surface area contributed by atoms with Crippen LogP contribution >= 0.6 is 0 Å². The zero-order valence-corrected chi connectivity index (χ0v) is 10.1. The molecule has 0 spiro atoms. The minimum absolute atomic E-state index is 0.121.